The molecule has 3 rings (SSSR count). The largest absolute Gasteiger partial charge is 0.379 e. The van der Waals surface area contributed by atoms with Crippen LogP contribution in [0.1, 0.15) is 51.4 Å². The topological polar surface area (TPSA) is 68.2 Å². The predicted octanol–water partition coefficient (Wildman–Crippen LogP) is 3.00. The van der Waals surface area contributed by atoms with E-state index in [0.29, 0.717) is 6.42 Å². The maximum Gasteiger partial charge on any atom is 0.247 e. The van der Waals surface area contributed by atoms with Gasteiger partial charge < -0.3 is 9.47 Å². The fraction of sp³-hybridized carbons (Fsp3) is 0.944. The molecule has 0 bridgehead atoms. The smallest absolute Gasteiger partial charge is 0.247 e. The first-order valence-corrected chi connectivity index (χ1v) is 11.9. The van der Waals surface area contributed by atoms with Crippen LogP contribution < -0.4 is 0 Å². The van der Waals surface area contributed by atoms with Crippen LogP contribution >= 0.6 is 11.6 Å². The van der Waals surface area contributed by atoms with Crippen molar-refractivity contribution in [2.24, 2.45) is 16.9 Å². The van der Waals surface area contributed by atoms with Gasteiger partial charge in [0.15, 0.2) is 0 Å². The summed E-state index contributed by atoms with van der Waals surface area (Å²) in [5.74, 6) is 0.424. The highest BCUT2D eigenvalue weighted by Crippen LogP contribution is 2.40. The summed E-state index contributed by atoms with van der Waals surface area (Å²) in [6, 6.07) is -0.135. The second-order valence-corrected chi connectivity index (χ2v) is 10.3. The molecule has 0 aromatic carbocycles. The Morgan fingerprint density at radius 1 is 1.08 bits per heavy atom. The third-order valence-electron chi connectivity index (χ3n) is 6.30. The average Bonchev–Trinajstić information content (AvgIpc) is 3.07. The van der Waals surface area contributed by atoms with Crippen molar-refractivity contribution in [2.75, 3.05) is 20.5 Å². The number of nitrogens with zero attached hydrogens (tertiary/aromatic N) is 2. The number of sulfonamides is 1. The Bertz CT molecular complexity index is 627. The van der Waals surface area contributed by atoms with Crippen LogP contribution in [0.4, 0.5) is 0 Å². The normalized spacial score (nSPS) is 39.1. The molecular weight excluding hydrogens is 376 g/mol. The minimum absolute atomic E-state index is 0.0302. The Labute approximate surface area is 162 Å². The van der Waals surface area contributed by atoms with Crippen LogP contribution in [0.25, 0.3) is 0 Å². The van der Waals surface area contributed by atoms with Gasteiger partial charge in [-0.25, -0.2) is 8.42 Å². The van der Waals surface area contributed by atoms with E-state index in [-0.39, 0.29) is 35.5 Å². The number of hydrogen-bond donors (Lipinski definition) is 0. The summed E-state index contributed by atoms with van der Waals surface area (Å²) in [5.41, 5.74) is 0.992. The molecule has 3 aliphatic rings. The van der Waals surface area contributed by atoms with E-state index in [1.54, 1.807) is 14.2 Å². The quantitative estimate of drug-likeness (QED) is 0.658. The lowest BCUT2D eigenvalue weighted by Crippen LogP contribution is -2.42. The molecule has 8 heteroatoms. The first kappa shape index (κ1) is 20.4. The number of ether oxygens (including phenoxy) is 2. The highest BCUT2D eigenvalue weighted by molar-refractivity contribution is 7.88. The van der Waals surface area contributed by atoms with Gasteiger partial charge in [0.2, 0.25) is 10.0 Å². The van der Waals surface area contributed by atoms with Crippen LogP contribution in [-0.4, -0.2) is 62.6 Å². The lowest BCUT2D eigenvalue weighted by atomic mass is 9.78. The molecule has 6 atom stereocenters. The Kier molecular flexibility index (Phi) is 6.53. The summed E-state index contributed by atoms with van der Waals surface area (Å²) in [4.78, 5) is 0. The van der Waals surface area contributed by atoms with Gasteiger partial charge in [0, 0.05) is 37.6 Å². The van der Waals surface area contributed by atoms with E-state index < -0.39 is 10.0 Å². The molecule has 0 spiro atoms. The highest BCUT2D eigenvalue weighted by Gasteiger charge is 2.44. The van der Waals surface area contributed by atoms with Gasteiger partial charge in [-0.15, -0.1) is 11.6 Å². The molecule has 1 heterocycles. The third kappa shape index (κ3) is 4.21. The highest BCUT2D eigenvalue weighted by atomic mass is 35.5. The molecule has 6 nitrogen and oxygen atoms in total. The van der Waals surface area contributed by atoms with E-state index in [1.807, 2.05) is 0 Å². The molecule has 2 saturated carbocycles. The molecule has 1 aliphatic heterocycles. The van der Waals surface area contributed by atoms with E-state index in [1.165, 1.54) is 10.7 Å². The third-order valence-corrected chi connectivity index (χ3v) is 7.88. The summed E-state index contributed by atoms with van der Waals surface area (Å²) in [6.07, 6.45) is 8.94. The first-order chi connectivity index (χ1) is 12.3. The molecule has 0 N–H and O–H groups in total. The molecule has 0 aromatic heterocycles. The number of methoxy groups -OCH3 is 2. The summed E-state index contributed by atoms with van der Waals surface area (Å²) in [7, 11) is 0.0277. The first-order valence-electron chi connectivity index (χ1n) is 9.61. The predicted molar refractivity (Wildman–Crippen MR) is 103 cm³/mol. The van der Waals surface area contributed by atoms with Crippen LogP contribution in [0.5, 0.6) is 0 Å². The van der Waals surface area contributed by atoms with Crippen molar-refractivity contribution in [3.63, 3.8) is 0 Å². The van der Waals surface area contributed by atoms with Crippen molar-refractivity contribution in [2.45, 2.75) is 75.0 Å². The van der Waals surface area contributed by atoms with Gasteiger partial charge in [0.25, 0.3) is 0 Å². The van der Waals surface area contributed by atoms with E-state index in [9.17, 15) is 8.42 Å². The Morgan fingerprint density at radius 2 is 1.77 bits per heavy atom. The molecule has 0 saturated heterocycles. The summed E-state index contributed by atoms with van der Waals surface area (Å²) in [5, 5.41) is 4.63. The monoisotopic (exact) mass is 406 g/mol. The average molecular weight is 407 g/mol. The van der Waals surface area contributed by atoms with Gasteiger partial charge in [0.05, 0.1) is 24.5 Å². The number of hydrazone groups is 1. The fourth-order valence-corrected chi connectivity index (χ4v) is 6.31. The number of rotatable bonds is 5. The molecule has 26 heavy (non-hydrogen) atoms. The van der Waals surface area contributed by atoms with Crippen molar-refractivity contribution in [1.29, 1.82) is 0 Å². The molecule has 2 fully saturated rings. The minimum Gasteiger partial charge on any atom is -0.379 e. The summed E-state index contributed by atoms with van der Waals surface area (Å²) in [6.45, 7) is 0. The van der Waals surface area contributed by atoms with Gasteiger partial charge in [-0.1, -0.05) is 12.8 Å². The van der Waals surface area contributed by atoms with E-state index in [4.69, 9.17) is 21.1 Å². The van der Waals surface area contributed by atoms with Crippen molar-refractivity contribution < 1.29 is 17.9 Å². The maximum atomic E-state index is 12.4. The maximum absolute atomic E-state index is 12.4. The van der Waals surface area contributed by atoms with E-state index in [0.717, 1.165) is 50.7 Å². The Morgan fingerprint density at radius 3 is 2.38 bits per heavy atom. The van der Waals surface area contributed by atoms with Gasteiger partial charge in [-0.05, 0) is 38.0 Å². The van der Waals surface area contributed by atoms with Crippen LogP contribution in [-0.2, 0) is 19.5 Å². The standard InChI is InChI=1S/C18H31ClN2O4S/c1-24-17-9-8-12(10-18(17)25-2)15-11-16(21(20-15)26(3,22)23)13-6-4-5-7-14(13)19/h12-14,16-18H,4-11H2,1-3H3. The zero-order valence-corrected chi connectivity index (χ0v) is 17.5. The zero-order valence-electron chi connectivity index (χ0n) is 15.9. The lowest BCUT2D eigenvalue weighted by molar-refractivity contribution is -0.0639. The number of hydrogen-bond acceptors (Lipinski definition) is 5. The number of halogens is 1. The summed E-state index contributed by atoms with van der Waals surface area (Å²) >= 11 is 6.59. The molecule has 2 aliphatic carbocycles. The molecule has 0 amide bonds. The molecule has 0 aromatic rings. The second-order valence-electron chi connectivity index (χ2n) is 7.92. The fourth-order valence-electron chi connectivity index (χ4n) is 4.89. The van der Waals surface area contributed by atoms with E-state index in [2.05, 4.69) is 5.10 Å². The van der Waals surface area contributed by atoms with Crippen LogP contribution in [0.15, 0.2) is 5.10 Å². The molecule has 6 unspecified atom stereocenters. The zero-order chi connectivity index (χ0) is 18.9. The van der Waals surface area contributed by atoms with Crippen LogP contribution in [0, 0.1) is 11.8 Å². The van der Waals surface area contributed by atoms with E-state index >= 15 is 0 Å². The minimum atomic E-state index is -3.40. The van der Waals surface area contributed by atoms with Crippen molar-refractivity contribution in [3.8, 4) is 0 Å². The Hall–Kier alpha value is -0.370. The van der Waals surface area contributed by atoms with Gasteiger partial charge in [0.1, 0.15) is 0 Å². The van der Waals surface area contributed by atoms with Crippen molar-refractivity contribution >= 4 is 27.3 Å². The Balaban J connectivity index is 1.78. The van der Waals surface area contributed by atoms with Crippen molar-refractivity contribution in [1.82, 2.24) is 4.41 Å². The van der Waals surface area contributed by atoms with Crippen molar-refractivity contribution in [3.05, 3.63) is 0 Å². The van der Waals surface area contributed by atoms with Gasteiger partial charge in [-0.3, -0.25) is 0 Å². The molecule has 150 valence electrons. The summed E-state index contributed by atoms with van der Waals surface area (Å²) < 4.78 is 37.2. The molecule has 0 radical (unpaired) electrons. The SMILES string of the molecule is COC1CCC(C2=NN(S(C)(=O)=O)C(C3CCCCC3Cl)C2)CC1OC. The van der Waals surface area contributed by atoms with Crippen LogP contribution in [0.2, 0.25) is 0 Å². The molecular formula is C18H31ClN2O4S. The number of alkyl halides is 1. The lowest BCUT2D eigenvalue weighted by Gasteiger charge is -2.35. The van der Waals surface area contributed by atoms with Gasteiger partial charge >= 0.3 is 0 Å². The van der Waals surface area contributed by atoms with Gasteiger partial charge in [-0.2, -0.15) is 9.52 Å². The van der Waals surface area contributed by atoms with Crippen LogP contribution in [0.3, 0.4) is 0 Å². The second kappa shape index (κ2) is 8.33.